The van der Waals surface area contributed by atoms with Crippen LogP contribution in [0.25, 0.3) is 11.0 Å². The molecule has 196 valence electrons. The van der Waals surface area contributed by atoms with Crippen molar-refractivity contribution in [2.75, 3.05) is 12.0 Å². The Kier molecular flexibility index (Phi) is 7.80. The fraction of sp³-hybridized carbons (Fsp3) is 0.286. The summed E-state index contributed by atoms with van der Waals surface area (Å²) >= 11 is 0. The summed E-state index contributed by atoms with van der Waals surface area (Å²) in [5.74, 6) is -1.37. The molecule has 10 heteroatoms. The number of carbonyl (C=O) groups excluding carboxylic acids is 3. The lowest BCUT2D eigenvalue weighted by Crippen LogP contribution is -2.51. The quantitative estimate of drug-likeness (QED) is 0.338. The molecule has 0 radical (unpaired) electrons. The van der Waals surface area contributed by atoms with Gasteiger partial charge in [0.25, 0.3) is 0 Å². The number of hydrogen-bond donors (Lipinski definition) is 1. The fourth-order valence-corrected chi connectivity index (χ4v) is 4.02. The molecule has 0 bridgehead atoms. The highest BCUT2D eigenvalue weighted by molar-refractivity contribution is 6.02. The number of nitrogens with one attached hydrogen (secondary N) is 1. The van der Waals surface area contributed by atoms with Crippen molar-refractivity contribution in [3.8, 4) is 0 Å². The first-order chi connectivity index (χ1) is 18.2. The highest BCUT2D eigenvalue weighted by atomic mass is 16.5. The zero-order chi connectivity index (χ0) is 27.3. The van der Waals surface area contributed by atoms with E-state index < -0.39 is 23.5 Å². The van der Waals surface area contributed by atoms with Gasteiger partial charge in [-0.2, -0.15) is 0 Å². The molecule has 0 fully saturated rings. The Morgan fingerprint density at radius 3 is 2.58 bits per heavy atom. The van der Waals surface area contributed by atoms with Gasteiger partial charge in [0.15, 0.2) is 0 Å². The highest BCUT2D eigenvalue weighted by Crippen LogP contribution is 2.30. The number of nitrogens with zero attached hydrogens (tertiary/aromatic N) is 5. The molecule has 4 rings (SSSR count). The summed E-state index contributed by atoms with van der Waals surface area (Å²) in [6.45, 7) is 5.61. The Bertz CT molecular complexity index is 1450. The minimum atomic E-state index is -1.08. The van der Waals surface area contributed by atoms with Gasteiger partial charge in [-0.3, -0.25) is 19.5 Å². The normalized spacial score (nSPS) is 12.1. The lowest BCUT2D eigenvalue weighted by molar-refractivity contribution is -0.128. The standard InChI is InChI=1S/C28H30N6O4/c1-5-28(2,3)30-26(36)25(20-11-9-15-29-17-20)34(21-12-8-10-19(16-21)27(37)38-4)24(35)18-33-23-14-7-6-13-22(23)31-32-33/h6-17,25H,5,18H2,1-4H3,(H,30,36). The molecule has 0 aliphatic heterocycles. The third-order valence-electron chi connectivity index (χ3n) is 6.37. The molecule has 2 amide bonds. The summed E-state index contributed by atoms with van der Waals surface area (Å²) in [6, 6.07) is 16.1. The van der Waals surface area contributed by atoms with Crippen LogP contribution in [0.2, 0.25) is 0 Å². The number of fused-ring (bicyclic) bond motifs is 1. The SMILES string of the molecule is CCC(C)(C)NC(=O)C(c1cccnc1)N(C(=O)Cn1nnc2ccccc21)c1cccc(C(=O)OC)c1. The minimum absolute atomic E-state index is 0.190. The smallest absolute Gasteiger partial charge is 0.337 e. The second-order valence-corrected chi connectivity index (χ2v) is 9.46. The first-order valence-corrected chi connectivity index (χ1v) is 12.2. The van der Waals surface area contributed by atoms with Gasteiger partial charge in [-0.15, -0.1) is 5.10 Å². The Balaban J connectivity index is 1.84. The van der Waals surface area contributed by atoms with Crippen molar-refractivity contribution < 1.29 is 19.1 Å². The average molecular weight is 515 g/mol. The molecule has 0 saturated carbocycles. The van der Waals surface area contributed by atoms with E-state index in [1.165, 1.54) is 22.8 Å². The van der Waals surface area contributed by atoms with Crippen molar-refractivity contribution in [2.45, 2.75) is 45.3 Å². The summed E-state index contributed by atoms with van der Waals surface area (Å²) in [6.07, 6.45) is 3.83. The number of amides is 2. The van der Waals surface area contributed by atoms with Crippen LogP contribution in [0.1, 0.15) is 49.2 Å². The lowest BCUT2D eigenvalue weighted by Gasteiger charge is -2.34. The van der Waals surface area contributed by atoms with Crippen molar-refractivity contribution in [2.24, 2.45) is 0 Å². The van der Waals surface area contributed by atoms with Gasteiger partial charge in [-0.1, -0.05) is 36.4 Å². The molecule has 1 N–H and O–H groups in total. The van der Waals surface area contributed by atoms with Gasteiger partial charge >= 0.3 is 5.97 Å². The Hall–Kier alpha value is -4.60. The Morgan fingerprint density at radius 2 is 1.87 bits per heavy atom. The number of para-hydroxylation sites is 1. The van der Waals surface area contributed by atoms with E-state index in [-0.39, 0.29) is 18.0 Å². The molecule has 0 spiro atoms. The molecule has 10 nitrogen and oxygen atoms in total. The topological polar surface area (TPSA) is 119 Å². The predicted octanol–water partition coefficient (Wildman–Crippen LogP) is 3.69. The second kappa shape index (κ2) is 11.2. The molecule has 2 aromatic carbocycles. The maximum absolute atomic E-state index is 14.1. The van der Waals surface area contributed by atoms with Crippen molar-refractivity contribution in [3.05, 3.63) is 84.2 Å². The summed E-state index contributed by atoms with van der Waals surface area (Å²) in [4.78, 5) is 45.8. The summed E-state index contributed by atoms with van der Waals surface area (Å²) in [5.41, 5.74) is 1.90. The van der Waals surface area contributed by atoms with Crippen molar-refractivity contribution in [3.63, 3.8) is 0 Å². The molecule has 0 aliphatic rings. The van der Waals surface area contributed by atoms with E-state index in [2.05, 4.69) is 20.6 Å². The van der Waals surface area contributed by atoms with Gasteiger partial charge in [0.1, 0.15) is 18.1 Å². The fourth-order valence-electron chi connectivity index (χ4n) is 4.02. The molecule has 1 unspecified atom stereocenters. The Morgan fingerprint density at radius 1 is 1.08 bits per heavy atom. The molecule has 38 heavy (non-hydrogen) atoms. The van der Waals surface area contributed by atoms with Crippen LogP contribution in [0.5, 0.6) is 0 Å². The third kappa shape index (κ3) is 5.69. The molecule has 1 atom stereocenters. The van der Waals surface area contributed by atoms with Crippen LogP contribution in [0.15, 0.2) is 73.1 Å². The van der Waals surface area contributed by atoms with Crippen molar-refractivity contribution >= 4 is 34.5 Å². The number of benzene rings is 2. The van der Waals surface area contributed by atoms with Crippen LogP contribution in [0, 0.1) is 0 Å². The van der Waals surface area contributed by atoms with E-state index in [1.54, 1.807) is 48.8 Å². The monoisotopic (exact) mass is 514 g/mol. The van der Waals surface area contributed by atoms with Gasteiger partial charge < -0.3 is 10.1 Å². The van der Waals surface area contributed by atoms with E-state index >= 15 is 0 Å². The molecule has 2 aromatic heterocycles. The molecular weight excluding hydrogens is 484 g/mol. The molecule has 0 aliphatic carbocycles. The maximum atomic E-state index is 14.1. The number of rotatable bonds is 9. The van der Waals surface area contributed by atoms with Gasteiger partial charge in [0.2, 0.25) is 11.8 Å². The van der Waals surface area contributed by atoms with Gasteiger partial charge in [-0.25, -0.2) is 9.48 Å². The van der Waals surface area contributed by atoms with E-state index in [4.69, 9.17) is 4.74 Å². The van der Waals surface area contributed by atoms with Crippen LogP contribution < -0.4 is 10.2 Å². The van der Waals surface area contributed by atoms with Crippen LogP contribution in [-0.4, -0.2) is 50.4 Å². The van der Waals surface area contributed by atoms with Crippen LogP contribution in [0.3, 0.4) is 0 Å². The average Bonchev–Trinajstić information content (AvgIpc) is 3.33. The number of carbonyl (C=O) groups is 3. The largest absolute Gasteiger partial charge is 0.465 e. The van der Waals surface area contributed by atoms with Gasteiger partial charge in [0, 0.05) is 29.2 Å². The molecule has 0 saturated heterocycles. The van der Waals surface area contributed by atoms with Gasteiger partial charge in [0.05, 0.1) is 18.2 Å². The zero-order valence-corrected chi connectivity index (χ0v) is 21.8. The Labute approximate surface area is 220 Å². The lowest BCUT2D eigenvalue weighted by atomic mass is 9.98. The number of aromatic nitrogens is 4. The van der Waals surface area contributed by atoms with E-state index in [1.807, 2.05) is 39.0 Å². The highest BCUT2D eigenvalue weighted by Gasteiger charge is 2.35. The van der Waals surface area contributed by atoms with Crippen molar-refractivity contribution in [1.82, 2.24) is 25.3 Å². The predicted molar refractivity (Wildman–Crippen MR) is 142 cm³/mol. The van der Waals surface area contributed by atoms with E-state index in [0.29, 0.717) is 28.7 Å². The maximum Gasteiger partial charge on any atom is 0.337 e. The molecular formula is C28H30N6O4. The number of pyridine rings is 1. The van der Waals surface area contributed by atoms with Crippen LogP contribution in [-0.2, 0) is 20.9 Å². The third-order valence-corrected chi connectivity index (χ3v) is 6.37. The van der Waals surface area contributed by atoms with E-state index in [0.717, 1.165) is 0 Å². The number of methoxy groups -OCH3 is 1. The second-order valence-electron chi connectivity index (χ2n) is 9.46. The summed E-state index contributed by atoms with van der Waals surface area (Å²) < 4.78 is 6.37. The number of ether oxygens (including phenoxy) is 1. The first-order valence-electron chi connectivity index (χ1n) is 12.2. The minimum Gasteiger partial charge on any atom is -0.465 e. The number of anilines is 1. The van der Waals surface area contributed by atoms with Crippen LogP contribution in [0.4, 0.5) is 5.69 Å². The van der Waals surface area contributed by atoms with Crippen molar-refractivity contribution in [1.29, 1.82) is 0 Å². The zero-order valence-electron chi connectivity index (χ0n) is 21.8. The molecule has 2 heterocycles. The number of esters is 1. The number of hydrogen-bond acceptors (Lipinski definition) is 7. The summed E-state index contributed by atoms with van der Waals surface area (Å²) in [7, 11) is 1.28. The summed E-state index contributed by atoms with van der Waals surface area (Å²) in [5, 5.41) is 11.4. The van der Waals surface area contributed by atoms with E-state index in [9.17, 15) is 14.4 Å². The molecule has 4 aromatic rings. The van der Waals surface area contributed by atoms with Crippen LogP contribution >= 0.6 is 0 Å². The van der Waals surface area contributed by atoms with Gasteiger partial charge in [-0.05, 0) is 56.7 Å². The first kappa shape index (κ1) is 26.5.